The zero-order chi connectivity index (χ0) is 21.1. The number of fused-ring (bicyclic) bond motifs is 3. The summed E-state index contributed by atoms with van der Waals surface area (Å²) in [5.74, 6) is -0.431. The Morgan fingerprint density at radius 2 is 2.00 bits per heavy atom. The van der Waals surface area contributed by atoms with Gasteiger partial charge in [-0.3, -0.25) is 14.2 Å². The summed E-state index contributed by atoms with van der Waals surface area (Å²) in [4.78, 5) is 31.5. The Morgan fingerprint density at radius 1 is 1.23 bits per heavy atom. The number of amides is 1. The SMILES string of the molecule is O=C(CCn1cnc2sc3c(c2c1=O)CCCC3)NCCS(=O)(=O)N1CCOCC1. The fourth-order valence-electron chi connectivity index (χ4n) is 3.92. The average Bonchev–Trinajstić information content (AvgIpc) is 3.13. The van der Waals surface area contributed by atoms with Crippen LogP contribution in [0.25, 0.3) is 10.2 Å². The van der Waals surface area contributed by atoms with Crippen molar-refractivity contribution in [1.29, 1.82) is 0 Å². The van der Waals surface area contributed by atoms with Crippen molar-refractivity contribution in [2.75, 3.05) is 38.6 Å². The number of aryl methyl sites for hydroxylation is 3. The van der Waals surface area contributed by atoms with Gasteiger partial charge in [-0.2, -0.15) is 4.31 Å². The normalized spacial score (nSPS) is 17.7. The lowest BCUT2D eigenvalue weighted by Crippen LogP contribution is -2.43. The monoisotopic (exact) mass is 454 g/mol. The van der Waals surface area contributed by atoms with Gasteiger partial charge in [0.05, 0.1) is 30.7 Å². The van der Waals surface area contributed by atoms with Crippen molar-refractivity contribution in [1.82, 2.24) is 19.2 Å². The molecule has 2 aliphatic rings. The number of sulfonamides is 1. The molecule has 0 spiro atoms. The van der Waals surface area contributed by atoms with Crippen LogP contribution in [0.3, 0.4) is 0 Å². The van der Waals surface area contributed by atoms with Crippen molar-refractivity contribution in [3.05, 3.63) is 27.1 Å². The molecule has 1 amide bonds. The maximum Gasteiger partial charge on any atom is 0.262 e. The van der Waals surface area contributed by atoms with Crippen LogP contribution in [0.1, 0.15) is 29.7 Å². The molecule has 30 heavy (non-hydrogen) atoms. The first-order chi connectivity index (χ1) is 14.5. The molecule has 3 heterocycles. The lowest BCUT2D eigenvalue weighted by Gasteiger charge is -2.26. The molecule has 0 bridgehead atoms. The van der Waals surface area contributed by atoms with E-state index in [1.807, 2.05) is 0 Å². The number of aromatic nitrogens is 2. The lowest BCUT2D eigenvalue weighted by molar-refractivity contribution is -0.121. The Hall–Kier alpha value is -1.82. The number of morpholine rings is 1. The van der Waals surface area contributed by atoms with Gasteiger partial charge in [0.15, 0.2) is 0 Å². The number of ether oxygens (including phenoxy) is 1. The highest BCUT2D eigenvalue weighted by atomic mass is 32.2. The minimum Gasteiger partial charge on any atom is -0.379 e. The molecule has 0 atom stereocenters. The van der Waals surface area contributed by atoms with Crippen molar-refractivity contribution >= 4 is 37.5 Å². The third-order valence-corrected chi connectivity index (χ3v) is 8.64. The van der Waals surface area contributed by atoms with Crippen molar-refractivity contribution in [2.24, 2.45) is 0 Å². The number of nitrogens with zero attached hydrogens (tertiary/aromatic N) is 3. The molecular formula is C19H26N4O5S2. The van der Waals surface area contributed by atoms with E-state index in [1.165, 1.54) is 20.1 Å². The van der Waals surface area contributed by atoms with E-state index in [9.17, 15) is 18.0 Å². The lowest BCUT2D eigenvalue weighted by atomic mass is 9.97. The van der Waals surface area contributed by atoms with Gasteiger partial charge >= 0.3 is 0 Å². The van der Waals surface area contributed by atoms with Gasteiger partial charge in [0.25, 0.3) is 5.56 Å². The fraction of sp³-hybridized carbons (Fsp3) is 0.632. The van der Waals surface area contributed by atoms with E-state index in [4.69, 9.17) is 4.74 Å². The number of hydrogen-bond donors (Lipinski definition) is 1. The number of carbonyl (C=O) groups excluding carboxylic acids is 1. The van der Waals surface area contributed by atoms with Crippen LogP contribution in [0, 0.1) is 0 Å². The minimum atomic E-state index is -3.41. The van der Waals surface area contributed by atoms with Gasteiger partial charge < -0.3 is 10.1 Å². The summed E-state index contributed by atoms with van der Waals surface area (Å²) >= 11 is 1.60. The van der Waals surface area contributed by atoms with Gasteiger partial charge in [0.2, 0.25) is 15.9 Å². The van der Waals surface area contributed by atoms with Crippen LogP contribution in [0.15, 0.2) is 11.1 Å². The summed E-state index contributed by atoms with van der Waals surface area (Å²) in [6.07, 6.45) is 5.75. The predicted molar refractivity (Wildman–Crippen MR) is 114 cm³/mol. The van der Waals surface area contributed by atoms with Gasteiger partial charge in [0, 0.05) is 37.5 Å². The van der Waals surface area contributed by atoms with Gasteiger partial charge in [-0.25, -0.2) is 13.4 Å². The van der Waals surface area contributed by atoms with Gasteiger partial charge in [-0.1, -0.05) is 0 Å². The molecule has 0 radical (unpaired) electrons. The zero-order valence-electron chi connectivity index (χ0n) is 16.8. The van der Waals surface area contributed by atoms with Crippen LogP contribution in [0.2, 0.25) is 0 Å². The maximum atomic E-state index is 12.9. The zero-order valence-corrected chi connectivity index (χ0v) is 18.4. The summed E-state index contributed by atoms with van der Waals surface area (Å²) in [5.41, 5.74) is 1.04. The highest BCUT2D eigenvalue weighted by Crippen LogP contribution is 2.33. The highest BCUT2D eigenvalue weighted by Gasteiger charge is 2.24. The molecule has 0 saturated carbocycles. The summed E-state index contributed by atoms with van der Waals surface area (Å²) in [6.45, 7) is 1.75. The number of rotatable bonds is 7. The number of hydrogen-bond acceptors (Lipinski definition) is 7. The highest BCUT2D eigenvalue weighted by molar-refractivity contribution is 7.89. The number of carbonyl (C=O) groups is 1. The second-order valence-corrected chi connectivity index (χ2v) is 10.7. The quantitative estimate of drug-likeness (QED) is 0.653. The Bertz CT molecular complexity index is 1090. The minimum absolute atomic E-state index is 0.0444. The largest absolute Gasteiger partial charge is 0.379 e. The summed E-state index contributed by atoms with van der Waals surface area (Å²) in [5, 5.41) is 3.34. The molecule has 2 aromatic rings. The Kier molecular flexibility index (Phi) is 6.51. The molecule has 1 aliphatic heterocycles. The molecule has 1 N–H and O–H groups in total. The third-order valence-electron chi connectivity index (χ3n) is 5.57. The molecule has 164 valence electrons. The van der Waals surface area contributed by atoms with E-state index < -0.39 is 10.0 Å². The molecule has 1 aliphatic carbocycles. The van der Waals surface area contributed by atoms with Gasteiger partial charge in [0.1, 0.15) is 4.83 Å². The molecule has 0 aromatic carbocycles. The molecule has 4 rings (SSSR count). The summed E-state index contributed by atoms with van der Waals surface area (Å²) < 4.78 is 32.6. The van der Waals surface area contributed by atoms with Gasteiger partial charge in [-0.05, 0) is 31.2 Å². The smallest absolute Gasteiger partial charge is 0.262 e. The van der Waals surface area contributed by atoms with Crippen molar-refractivity contribution in [3.8, 4) is 0 Å². The van der Waals surface area contributed by atoms with E-state index in [2.05, 4.69) is 10.3 Å². The van der Waals surface area contributed by atoms with E-state index in [0.717, 1.165) is 36.1 Å². The van der Waals surface area contributed by atoms with Crippen LogP contribution in [0.4, 0.5) is 0 Å². The van der Waals surface area contributed by atoms with E-state index >= 15 is 0 Å². The van der Waals surface area contributed by atoms with Crippen LogP contribution in [-0.2, 0) is 38.9 Å². The molecule has 1 fully saturated rings. The third kappa shape index (κ3) is 4.58. The predicted octanol–water partition coefficient (Wildman–Crippen LogP) is 0.505. The first-order valence-corrected chi connectivity index (χ1v) is 12.7. The van der Waals surface area contributed by atoms with E-state index in [-0.39, 0.29) is 36.7 Å². The second kappa shape index (κ2) is 9.13. The molecule has 1 saturated heterocycles. The standard InChI is InChI=1S/C19H26N4O5S2/c24-16(20-6-12-30(26,27)23-8-10-28-11-9-23)5-7-22-13-21-18-17(19(22)25)14-3-1-2-4-15(14)29-18/h13H,1-12H2,(H,20,24). The van der Waals surface area contributed by atoms with Crippen molar-refractivity contribution in [2.45, 2.75) is 38.6 Å². The van der Waals surface area contributed by atoms with Crippen LogP contribution in [0.5, 0.6) is 0 Å². The molecule has 0 unspecified atom stereocenters. The Morgan fingerprint density at radius 3 is 2.80 bits per heavy atom. The fourth-order valence-corrected chi connectivity index (χ4v) is 6.47. The average molecular weight is 455 g/mol. The number of thiophene rings is 1. The van der Waals surface area contributed by atoms with Crippen molar-refractivity contribution < 1.29 is 17.9 Å². The topological polar surface area (TPSA) is 111 Å². The first kappa shape index (κ1) is 21.4. The van der Waals surface area contributed by atoms with Crippen LogP contribution >= 0.6 is 11.3 Å². The van der Waals surface area contributed by atoms with E-state index in [0.29, 0.717) is 31.7 Å². The second-order valence-electron chi connectivity index (χ2n) is 7.56. The maximum absolute atomic E-state index is 12.9. The van der Waals surface area contributed by atoms with Crippen LogP contribution < -0.4 is 10.9 Å². The van der Waals surface area contributed by atoms with Crippen LogP contribution in [-0.4, -0.2) is 66.8 Å². The summed E-state index contributed by atoms with van der Waals surface area (Å²) in [6, 6.07) is 0. The molecule has 2 aromatic heterocycles. The summed E-state index contributed by atoms with van der Waals surface area (Å²) in [7, 11) is -3.41. The molecule has 11 heteroatoms. The molecular weight excluding hydrogens is 428 g/mol. The Labute approximate surface area is 179 Å². The van der Waals surface area contributed by atoms with E-state index in [1.54, 1.807) is 11.3 Å². The Balaban J connectivity index is 1.32. The first-order valence-electron chi connectivity index (χ1n) is 10.3. The molecule has 9 nitrogen and oxygen atoms in total. The number of nitrogens with one attached hydrogen (secondary N) is 1. The van der Waals surface area contributed by atoms with Crippen molar-refractivity contribution in [3.63, 3.8) is 0 Å². The van der Waals surface area contributed by atoms with Gasteiger partial charge in [-0.15, -0.1) is 11.3 Å².